The fourth-order valence-corrected chi connectivity index (χ4v) is 5.18. The molecule has 1 amide bonds. The molecule has 2 aromatic heterocycles. The topological polar surface area (TPSA) is 85.1 Å². The molecular formula is C26H23N3O2S. The number of amides is 1. The molecule has 1 atom stereocenters. The number of anilines is 2. The summed E-state index contributed by atoms with van der Waals surface area (Å²) in [4.78, 5) is 31.6. The van der Waals surface area contributed by atoms with Crippen molar-refractivity contribution in [3.05, 3.63) is 87.9 Å². The minimum absolute atomic E-state index is 0.0541. The van der Waals surface area contributed by atoms with Crippen molar-refractivity contribution < 1.29 is 9.59 Å². The third kappa shape index (κ3) is 3.78. The fraction of sp³-hybridized carbons (Fsp3) is 0.192. The quantitative estimate of drug-likeness (QED) is 0.410. The van der Waals surface area contributed by atoms with Gasteiger partial charge in [-0.2, -0.15) is 0 Å². The van der Waals surface area contributed by atoms with Gasteiger partial charge < -0.3 is 11.1 Å². The van der Waals surface area contributed by atoms with Crippen LogP contribution in [0, 0.1) is 5.92 Å². The number of nitrogens with zero attached hydrogens (tertiary/aromatic N) is 1. The van der Waals surface area contributed by atoms with Crippen LogP contribution in [0.3, 0.4) is 0 Å². The summed E-state index contributed by atoms with van der Waals surface area (Å²) in [5, 5.41) is 3.75. The standard InChI is InChI=1S/C26H23N3O2S/c1-15-7-12-21-18(13-15)14-20-22(27)24(32-26(20)29-21)25(31)28-19-10-8-17(9-11-19)23(30)16-5-3-2-4-6-16/h2-6,8-11,14-15H,7,12-13,27H2,1H3,(H,28,31). The van der Waals surface area contributed by atoms with Crippen LogP contribution in [-0.2, 0) is 12.8 Å². The number of fused-ring (bicyclic) bond motifs is 2. The van der Waals surface area contributed by atoms with E-state index >= 15 is 0 Å². The first kappa shape index (κ1) is 20.4. The highest BCUT2D eigenvalue weighted by Gasteiger charge is 2.22. The van der Waals surface area contributed by atoms with E-state index in [2.05, 4.69) is 18.3 Å². The van der Waals surface area contributed by atoms with E-state index in [0.29, 0.717) is 33.3 Å². The molecule has 0 spiro atoms. The number of hydrogen-bond acceptors (Lipinski definition) is 5. The van der Waals surface area contributed by atoms with Gasteiger partial charge in [-0.3, -0.25) is 9.59 Å². The highest BCUT2D eigenvalue weighted by Crippen LogP contribution is 2.36. The molecule has 4 aromatic rings. The van der Waals surface area contributed by atoms with Crippen molar-refractivity contribution in [3.63, 3.8) is 0 Å². The lowest BCUT2D eigenvalue weighted by Gasteiger charge is -2.20. The number of carbonyl (C=O) groups is 2. The van der Waals surface area contributed by atoms with Gasteiger partial charge in [0.15, 0.2) is 5.78 Å². The largest absolute Gasteiger partial charge is 0.397 e. The summed E-state index contributed by atoms with van der Waals surface area (Å²) in [6.45, 7) is 2.25. The van der Waals surface area contributed by atoms with Gasteiger partial charge in [0.05, 0.1) is 5.69 Å². The number of aromatic nitrogens is 1. The summed E-state index contributed by atoms with van der Waals surface area (Å²) in [6.07, 6.45) is 3.12. The number of nitrogens with one attached hydrogen (secondary N) is 1. The van der Waals surface area contributed by atoms with E-state index in [-0.39, 0.29) is 11.7 Å². The third-order valence-electron chi connectivity index (χ3n) is 5.98. The Morgan fingerprint density at radius 3 is 2.53 bits per heavy atom. The summed E-state index contributed by atoms with van der Waals surface area (Å²) >= 11 is 1.33. The summed E-state index contributed by atoms with van der Waals surface area (Å²) < 4.78 is 0. The SMILES string of the molecule is CC1CCc2nc3sc(C(=O)Nc4ccc(C(=O)c5ccccc5)cc4)c(N)c3cc2C1. The second-order valence-corrected chi connectivity index (χ2v) is 9.37. The lowest BCUT2D eigenvalue weighted by Crippen LogP contribution is -2.13. The molecule has 3 N–H and O–H groups in total. The Bertz CT molecular complexity index is 1330. The predicted octanol–water partition coefficient (Wildman–Crippen LogP) is 5.49. The first-order valence-corrected chi connectivity index (χ1v) is 11.5. The minimum atomic E-state index is -0.265. The summed E-state index contributed by atoms with van der Waals surface area (Å²) in [5.74, 6) is 0.321. The number of rotatable bonds is 4. The van der Waals surface area contributed by atoms with Gasteiger partial charge in [0.1, 0.15) is 9.71 Å². The monoisotopic (exact) mass is 441 g/mol. The first-order chi connectivity index (χ1) is 15.5. The average molecular weight is 442 g/mol. The molecule has 6 heteroatoms. The predicted molar refractivity (Wildman–Crippen MR) is 129 cm³/mol. The highest BCUT2D eigenvalue weighted by atomic mass is 32.1. The lowest BCUT2D eigenvalue weighted by molar-refractivity contribution is 0.102. The molecule has 0 fully saturated rings. The van der Waals surface area contributed by atoms with E-state index < -0.39 is 0 Å². The normalized spacial score (nSPS) is 15.3. The van der Waals surface area contributed by atoms with Crippen molar-refractivity contribution in [2.75, 3.05) is 11.1 Å². The second-order valence-electron chi connectivity index (χ2n) is 8.37. The Labute approximate surface area is 190 Å². The zero-order valence-electron chi connectivity index (χ0n) is 17.7. The Kier molecular flexibility index (Phi) is 5.23. The second kappa shape index (κ2) is 8.20. The maximum absolute atomic E-state index is 12.9. The number of pyridine rings is 1. The molecule has 5 nitrogen and oxygen atoms in total. The fourth-order valence-electron chi connectivity index (χ4n) is 4.19. The van der Waals surface area contributed by atoms with E-state index in [0.717, 1.165) is 35.2 Å². The summed E-state index contributed by atoms with van der Waals surface area (Å²) in [5.41, 5.74) is 11.0. The Morgan fingerprint density at radius 2 is 1.78 bits per heavy atom. The number of nitrogen functional groups attached to an aromatic ring is 1. The molecule has 0 aliphatic heterocycles. The number of aryl methyl sites for hydroxylation is 1. The van der Waals surface area contributed by atoms with Crippen LogP contribution in [0.4, 0.5) is 11.4 Å². The number of carbonyl (C=O) groups excluding carboxylic acids is 2. The Balaban J connectivity index is 1.37. The third-order valence-corrected chi connectivity index (χ3v) is 7.09. The van der Waals surface area contributed by atoms with Gasteiger partial charge in [0.2, 0.25) is 0 Å². The minimum Gasteiger partial charge on any atom is -0.397 e. The van der Waals surface area contributed by atoms with Crippen molar-refractivity contribution in [2.24, 2.45) is 5.92 Å². The number of nitrogens with two attached hydrogens (primary N) is 1. The molecule has 160 valence electrons. The number of benzene rings is 2. The number of thiophene rings is 1. The van der Waals surface area contributed by atoms with Gasteiger partial charge in [-0.1, -0.05) is 37.3 Å². The lowest BCUT2D eigenvalue weighted by atomic mass is 9.87. The molecule has 1 aliphatic carbocycles. The summed E-state index contributed by atoms with van der Waals surface area (Å²) in [6, 6.07) is 18.1. The molecule has 0 saturated carbocycles. The first-order valence-electron chi connectivity index (χ1n) is 10.7. The Hall–Kier alpha value is -3.51. The van der Waals surface area contributed by atoms with E-state index in [1.54, 1.807) is 36.4 Å². The van der Waals surface area contributed by atoms with Crippen LogP contribution >= 0.6 is 11.3 Å². The van der Waals surface area contributed by atoms with Crippen molar-refractivity contribution in [3.8, 4) is 0 Å². The van der Waals surface area contributed by atoms with E-state index in [1.165, 1.54) is 16.9 Å². The van der Waals surface area contributed by atoms with Crippen LogP contribution in [0.25, 0.3) is 10.2 Å². The van der Waals surface area contributed by atoms with Gasteiger partial charge in [0, 0.05) is 27.9 Å². The van der Waals surface area contributed by atoms with E-state index in [9.17, 15) is 9.59 Å². The van der Waals surface area contributed by atoms with Crippen LogP contribution in [0.5, 0.6) is 0 Å². The zero-order chi connectivity index (χ0) is 22.2. The molecule has 0 saturated heterocycles. The molecule has 32 heavy (non-hydrogen) atoms. The van der Waals surface area contributed by atoms with Crippen LogP contribution in [0.15, 0.2) is 60.7 Å². The van der Waals surface area contributed by atoms with Crippen LogP contribution in [0.2, 0.25) is 0 Å². The summed E-state index contributed by atoms with van der Waals surface area (Å²) in [7, 11) is 0. The molecule has 1 unspecified atom stereocenters. The van der Waals surface area contributed by atoms with Crippen molar-refractivity contribution in [1.82, 2.24) is 4.98 Å². The van der Waals surface area contributed by atoms with Crippen LogP contribution in [0.1, 0.15) is 50.2 Å². The van der Waals surface area contributed by atoms with Crippen LogP contribution < -0.4 is 11.1 Å². The smallest absolute Gasteiger partial charge is 0.267 e. The van der Waals surface area contributed by atoms with Gasteiger partial charge >= 0.3 is 0 Å². The molecule has 1 aliphatic rings. The molecule has 0 radical (unpaired) electrons. The Morgan fingerprint density at radius 1 is 1.06 bits per heavy atom. The molecule has 2 aromatic carbocycles. The van der Waals surface area contributed by atoms with Crippen molar-refractivity contribution >= 4 is 44.6 Å². The van der Waals surface area contributed by atoms with Crippen molar-refractivity contribution in [2.45, 2.75) is 26.2 Å². The van der Waals surface area contributed by atoms with E-state index in [1.807, 2.05) is 18.2 Å². The number of ketones is 1. The molecular weight excluding hydrogens is 418 g/mol. The van der Waals surface area contributed by atoms with Gasteiger partial charge in [0.25, 0.3) is 5.91 Å². The van der Waals surface area contributed by atoms with Crippen molar-refractivity contribution in [1.29, 1.82) is 0 Å². The zero-order valence-corrected chi connectivity index (χ0v) is 18.5. The maximum Gasteiger partial charge on any atom is 0.267 e. The van der Waals surface area contributed by atoms with Gasteiger partial charge in [-0.05, 0) is 61.1 Å². The van der Waals surface area contributed by atoms with Gasteiger partial charge in [-0.25, -0.2) is 4.98 Å². The van der Waals surface area contributed by atoms with Gasteiger partial charge in [-0.15, -0.1) is 11.3 Å². The molecule has 2 heterocycles. The average Bonchev–Trinajstić information content (AvgIpc) is 3.14. The van der Waals surface area contributed by atoms with E-state index in [4.69, 9.17) is 10.7 Å². The highest BCUT2D eigenvalue weighted by molar-refractivity contribution is 7.21. The molecule has 0 bridgehead atoms. The maximum atomic E-state index is 12.9. The van der Waals surface area contributed by atoms with Crippen LogP contribution in [-0.4, -0.2) is 16.7 Å². The number of hydrogen-bond donors (Lipinski definition) is 2. The molecule has 5 rings (SSSR count).